The Bertz CT molecular complexity index is 551. The molecule has 1 rings (SSSR count). The van der Waals surface area contributed by atoms with Crippen LogP contribution in [0.15, 0.2) is 24.3 Å². The van der Waals surface area contributed by atoms with E-state index in [0.717, 1.165) is 25.2 Å². The van der Waals surface area contributed by atoms with E-state index < -0.39 is 11.9 Å². The molecule has 0 aliphatic rings. The highest BCUT2D eigenvalue weighted by molar-refractivity contribution is 6.02. The Kier molecular flexibility index (Phi) is 10.7. The summed E-state index contributed by atoms with van der Waals surface area (Å²) in [6.45, 7) is 6.41. The second-order valence-electron chi connectivity index (χ2n) is 7.51. The molecule has 1 aromatic rings. The molecular weight excluding hydrogens is 328 g/mol. The fourth-order valence-corrected chi connectivity index (χ4v) is 3.02. The highest BCUT2D eigenvalue weighted by Gasteiger charge is 2.18. The molecule has 1 aromatic carbocycles. The molecule has 0 saturated heterocycles. The molecule has 26 heavy (non-hydrogen) atoms. The van der Waals surface area contributed by atoms with Crippen LogP contribution in [0.25, 0.3) is 0 Å². The van der Waals surface area contributed by atoms with Crippen LogP contribution in [-0.2, 0) is 4.74 Å². The van der Waals surface area contributed by atoms with Crippen molar-refractivity contribution in [1.29, 1.82) is 0 Å². The van der Waals surface area contributed by atoms with Crippen LogP contribution in [0.3, 0.4) is 0 Å². The lowest BCUT2D eigenvalue weighted by molar-refractivity contribution is 0.0313. The van der Waals surface area contributed by atoms with Crippen LogP contribution in [-0.4, -0.2) is 23.1 Å². The SMILES string of the molecule is CC(C)CCCCCCCCCC(C)OC(=O)c1ccccc1C(=O)O. The molecule has 1 atom stereocenters. The molecule has 0 aliphatic carbocycles. The van der Waals surface area contributed by atoms with Crippen molar-refractivity contribution in [2.75, 3.05) is 0 Å². The van der Waals surface area contributed by atoms with Gasteiger partial charge in [0.25, 0.3) is 0 Å². The summed E-state index contributed by atoms with van der Waals surface area (Å²) in [5.74, 6) is -0.860. The number of rotatable bonds is 13. The zero-order valence-electron chi connectivity index (χ0n) is 16.5. The third-order valence-electron chi connectivity index (χ3n) is 4.58. The van der Waals surface area contributed by atoms with Gasteiger partial charge in [-0.15, -0.1) is 0 Å². The van der Waals surface area contributed by atoms with E-state index in [-0.39, 0.29) is 17.2 Å². The second-order valence-corrected chi connectivity index (χ2v) is 7.51. The van der Waals surface area contributed by atoms with E-state index in [1.807, 2.05) is 6.92 Å². The van der Waals surface area contributed by atoms with Crippen LogP contribution in [0, 0.1) is 5.92 Å². The van der Waals surface area contributed by atoms with Crippen molar-refractivity contribution < 1.29 is 19.4 Å². The highest BCUT2D eigenvalue weighted by Crippen LogP contribution is 2.16. The van der Waals surface area contributed by atoms with E-state index in [0.29, 0.717) is 0 Å². The van der Waals surface area contributed by atoms with Gasteiger partial charge >= 0.3 is 11.9 Å². The van der Waals surface area contributed by atoms with E-state index in [1.165, 1.54) is 50.7 Å². The Labute approximate surface area is 158 Å². The summed E-state index contributed by atoms with van der Waals surface area (Å²) in [5, 5.41) is 9.15. The number of ether oxygens (including phenoxy) is 1. The first kappa shape index (κ1) is 22.2. The largest absolute Gasteiger partial charge is 0.478 e. The normalized spacial score (nSPS) is 12.2. The molecule has 4 nitrogen and oxygen atoms in total. The van der Waals surface area contributed by atoms with Gasteiger partial charge in [-0.3, -0.25) is 0 Å². The smallest absolute Gasteiger partial charge is 0.339 e. The number of aromatic carboxylic acids is 1. The second kappa shape index (κ2) is 12.5. The van der Waals surface area contributed by atoms with Crippen molar-refractivity contribution >= 4 is 11.9 Å². The lowest BCUT2D eigenvalue weighted by Gasteiger charge is -2.14. The number of carbonyl (C=O) groups is 2. The first-order valence-corrected chi connectivity index (χ1v) is 9.95. The molecule has 0 spiro atoms. The summed E-state index contributed by atoms with van der Waals surface area (Å²) in [6, 6.07) is 6.17. The molecular formula is C22H34O4. The van der Waals surface area contributed by atoms with E-state index in [2.05, 4.69) is 13.8 Å². The van der Waals surface area contributed by atoms with Gasteiger partial charge in [-0.2, -0.15) is 0 Å². The van der Waals surface area contributed by atoms with Crippen LogP contribution in [0.5, 0.6) is 0 Å². The van der Waals surface area contributed by atoms with Crippen LogP contribution in [0.2, 0.25) is 0 Å². The van der Waals surface area contributed by atoms with Crippen molar-refractivity contribution in [2.45, 2.75) is 84.7 Å². The fourth-order valence-electron chi connectivity index (χ4n) is 3.02. The number of unbranched alkanes of at least 4 members (excludes halogenated alkanes) is 6. The average molecular weight is 363 g/mol. The zero-order chi connectivity index (χ0) is 19.4. The predicted molar refractivity (Wildman–Crippen MR) is 105 cm³/mol. The molecule has 0 bridgehead atoms. The lowest BCUT2D eigenvalue weighted by atomic mass is 10.0. The first-order valence-electron chi connectivity index (χ1n) is 9.95. The number of carbonyl (C=O) groups excluding carboxylic acids is 1. The van der Waals surface area contributed by atoms with Crippen LogP contribution in [0.4, 0.5) is 0 Å². The van der Waals surface area contributed by atoms with Gasteiger partial charge in [-0.05, 0) is 37.8 Å². The highest BCUT2D eigenvalue weighted by atomic mass is 16.5. The van der Waals surface area contributed by atoms with Crippen molar-refractivity contribution in [2.24, 2.45) is 5.92 Å². The third kappa shape index (κ3) is 9.02. The van der Waals surface area contributed by atoms with E-state index in [9.17, 15) is 9.59 Å². The average Bonchev–Trinajstić information content (AvgIpc) is 2.59. The molecule has 0 radical (unpaired) electrons. The number of esters is 1. The molecule has 0 fully saturated rings. The molecule has 0 saturated carbocycles. The van der Waals surface area contributed by atoms with Gasteiger partial charge in [0.05, 0.1) is 17.2 Å². The number of hydrogen-bond acceptors (Lipinski definition) is 3. The van der Waals surface area contributed by atoms with Gasteiger partial charge < -0.3 is 9.84 Å². The van der Waals surface area contributed by atoms with Crippen LogP contribution in [0.1, 0.15) is 99.3 Å². The summed E-state index contributed by atoms with van der Waals surface area (Å²) >= 11 is 0. The molecule has 1 unspecified atom stereocenters. The maximum Gasteiger partial charge on any atom is 0.339 e. The maximum atomic E-state index is 12.2. The minimum absolute atomic E-state index is 0.0119. The van der Waals surface area contributed by atoms with E-state index in [1.54, 1.807) is 12.1 Å². The van der Waals surface area contributed by atoms with Gasteiger partial charge in [-0.25, -0.2) is 9.59 Å². The van der Waals surface area contributed by atoms with Crippen LogP contribution < -0.4 is 0 Å². The molecule has 4 heteroatoms. The summed E-state index contributed by atoms with van der Waals surface area (Å²) in [4.78, 5) is 23.4. The quantitative estimate of drug-likeness (QED) is 0.340. The van der Waals surface area contributed by atoms with Gasteiger partial charge in [-0.1, -0.05) is 70.9 Å². The lowest BCUT2D eigenvalue weighted by Crippen LogP contribution is -2.17. The van der Waals surface area contributed by atoms with E-state index >= 15 is 0 Å². The molecule has 0 aliphatic heterocycles. The Morgan fingerprint density at radius 3 is 1.88 bits per heavy atom. The minimum atomic E-state index is -1.11. The number of carboxylic acids is 1. The van der Waals surface area contributed by atoms with Crippen molar-refractivity contribution in [1.82, 2.24) is 0 Å². The maximum absolute atomic E-state index is 12.2. The monoisotopic (exact) mass is 362 g/mol. The Hall–Kier alpha value is -1.84. The van der Waals surface area contributed by atoms with Gasteiger partial charge in [0.2, 0.25) is 0 Å². The predicted octanol–water partition coefficient (Wildman–Crippen LogP) is 6.10. The number of carboxylic acid groups (broad SMARTS) is 1. The zero-order valence-corrected chi connectivity index (χ0v) is 16.5. The molecule has 0 heterocycles. The Morgan fingerprint density at radius 2 is 1.35 bits per heavy atom. The van der Waals surface area contributed by atoms with Crippen molar-refractivity contribution in [3.05, 3.63) is 35.4 Å². The summed E-state index contributed by atoms with van der Waals surface area (Å²) in [5.41, 5.74) is 0.107. The van der Waals surface area contributed by atoms with E-state index in [4.69, 9.17) is 9.84 Å². The fraction of sp³-hybridized carbons (Fsp3) is 0.636. The summed E-state index contributed by atoms with van der Waals surface area (Å²) in [7, 11) is 0. The van der Waals surface area contributed by atoms with Crippen molar-refractivity contribution in [3.63, 3.8) is 0 Å². The Morgan fingerprint density at radius 1 is 0.846 bits per heavy atom. The van der Waals surface area contributed by atoms with Gasteiger partial charge in [0.15, 0.2) is 0 Å². The molecule has 146 valence electrons. The number of hydrogen-bond donors (Lipinski definition) is 1. The Balaban J connectivity index is 2.18. The molecule has 1 N–H and O–H groups in total. The molecule has 0 aromatic heterocycles. The number of benzene rings is 1. The first-order chi connectivity index (χ1) is 12.4. The summed E-state index contributed by atoms with van der Waals surface area (Å²) in [6.07, 6.45) is 10.6. The topological polar surface area (TPSA) is 63.6 Å². The van der Waals surface area contributed by atoms with Gasteiger partial charge in [0.1, 0.15) is 0 Å². The third-order valence-corrected chi connectivity index (χ3v) is 4.58. The summed E-state index contributed by atoms with van der Waals surface area (Å²) < 4.78 is 5.41. The van der Waals surface area contributed by atoms with Crippen molar-refractivity contribution in [3.8, 4) is 0 Å². The standard InChI is InChI=1S/C22H34O4/c1-17(2)13-9-7-5-4-6-8-10-14-18(3)26-22(25)20-16-12-11-15-19(20)21(23)24/h11-12,15-18H,4-10,13-14H2,1-3H3,(H,23,24). The van der Waals surface area contributed by atoms with Crippen LogP contribution >= 0.6 is 0 Å². The van der Waals surface area contributed by atoms with Gasteiger partial charge in [0, 0.05) is 0 Å². The minimum Gasteiger partial charge on any atom is -0.478 e. The molecule has 0 amide bonds.